The van der Waals surface area contributed by atoms with Crippen LogP contribution in [0.15, 0.2) is 0 Å². The van der Waals surface area contributed by atoms with Crippen LogP contribution in [-0.4, -0.2) is 24.2 Å². The van der Waals surface area contributed by atoms with E-state index in [-0.39, 0.29) is 18.4 Å². The first-order chi connectivity index (χ1) is 6.74. The molecule has 0 atom stereocenters. The molecule has 1 saturated carbocycles. The maximum atomic E-state index is 11.6. The third-order valence-corrected chi connectivity index (χ3v) is 3.02. The Morgan fingerprint density at radius 3 is 2.57 bits per heavy atom. The molecule has 3 nitrogen and oxygen atoms in total. The van der Waals surface area contributed by atoms with Crippen LogP contribution in [0, 0.1) is 11.8 Å². The van der Waals surface area contributed by atoms with Gasteiger partial charge in [-0.3, -0.25) is 4.79 Å². The highest BCUT2D eigenvalue weighted by Crippen LogP contribution is 2.28. The average Bonchev–Trinajstić information content (AvgIpc) is 2.19. The highest BCUT2D eigenvalue weighted by molar-refractivity contribution is 5.78. The van der Waals surface area contributed by atoms with E-state index in [1.54, 1.807) is 0 Å². The molecule has 82 valence electrons. The second-order valence-corrected chi connectivity index (χ2v) is 4.32. The molecule has 0 aliphatic heterocycles. The second kappa shape index (κ2) is 6.02. The zero-order chi connectivity index (χ0) is 10.4. The summed E-state index contributed by atoms with van der Waals surface area (Å²) in [5.41, 5.74) is 0. The molecule has 0 saturated heterocycles. The van der Waals surface area contributed by atoms with Crippen LogP contribution in [-0.2, 0) is 4.79 Å². The van der Waals surface area contributed by atoms with Crippen LogP contribution >= 0.6 is 0 Å². The van der Waals surface area contributed by atoms with Gasteiger partial charge in [-0.15, -0.1) is 0 Å². The molecule has 0 unspecified atom stereocenters. The Hall–Kier alpha value is -0.570. The van der Waals surface area contributed by atoms with Crippen LogP contribution in [0.5, 0.6) is 0 Å². The Kier molecular flexibility index (Phi) is 4.94. The molecular weight excluding hydrogens is 178 g/mol. The van der Waals surface area contributed by atoms with Crippen LogP contribution in [0.4, 0.5) is 0 Å². The van der Waals surface area contributed by atoms with Gasteiger partial charge in [-0.25, -0.2) is 0 Å². The molecule has 0 radical (unpaired) electrons. The third kappa shape index (κ3) is 3.66. The van der Waals surface area contributed by atoms with Gasteiger partial charge in [0.05, 0.1) is 0 Å². The number of hydrogen-bond acceptors (Lipinski definition) is 2. The lowest BCUT2D eigenvalue weighted by Gasteiger charge is -2.25. The van der Waals surface area contributed by atoms with Gasteiger partial charge in [0.2, 0.25) is 5.91 Å². The van der Waals surface area contributed by atoms with Crippen molar-refractivity contribution in [1.82, 2.24) is 5.32 Å². The fraction of sp³-hybridized carbons (Fsp3) is 0.909. The van der Waals surface area contributed by atoms with Crippen molar-refractivity contribution >= 4 is 5.91 Å². The Morgan fingerprint density at radius 1 is 1.36 bits per heavy atom. The van der Waals surface area contributed by atoms with Crippen LogP contribution in [0.25, 0.3) is 0 Å². The van der Waals surface area contributed by atoms with E-state index in [4.69, 9.17) is 5.11 Å². The topological polar surface area (TPSA) is 49.3 Å². The van der Waals surface area contributed by atoms with Gasteiger partial charge in [0.25, 0.3) is 0 Å². The summed E-state index contributed by atoms with van der Waals surface area (Å²) in [4.78, 5) is 11.6. The normalized spacial score (nSPS) is 27.3. The third-order valence-electron chi connectivity index (χ3n) is 3.02. The van der Waals surface area contributed by atoms with Crippen molar-refractivity contribution in [2.75, 3.05) is 13.2 Å². The standard InChI is InChI=1S/C11H21NO2/c1-9-3-5-10(6-4-9)11(14)12-7-2-8-13/h9-10,13H,2-8H2,1H3,(H,12,14). The number of rotatable bonds is 4. The minimum Gasteiger partial charge on any atom is -0.396 e. The lowest BCUT2D eigenvalue weighted by Crippen LogP contribution is -2.33. The fourth-order valence-corrected chi connectivity index (χ4v) is 1.96. The molecule has 1 rings (SSSR count). The van der Waals surface area contributed by atoms with Gasteiger partial charge in [-0.05, 0) is 38.0 Å². The summed E-state index contributed by atoms with van der Waals surface area (Å²) in [5.74, 6) is 1.20. The van der Waals surface area contributed by atoms with Crippen molar-refractivity contribution in [3.63, 3.8) is 0 Å². The molecule has 1 amide bonds. The van der Waals surface area contributed by atoms with Gasteiger partial charge in [-0.1, -0.05) is 6.92 Å². The number of carbonyl (C=O) groups is 1. The second-order valence-electron chi connectivity index (χ2n) is 4.32. The summed E-state index contributed by atoms with van der Waals surface area (Å²) >= 11 is 0. The molecule has 14 heavy (non-hydrogen) atoms. The van der Waals surface area contributed by atoms with Gasteiger partial charge in [0, 0.05) is 19.1 Å². The smallest absolute Gasteiger partial charge is 0.223 e. The molecule has 0 heterocycles. The molecule has 0 spiro atoms. The van der Waals surface area contributed by atoms with Gasteiger partial charge in [0.15, 0.2) is 0 Å². The van der Waals surface area contributed by atoms with Crippen molar-refractivity contribution in [3.8, 4) is 0 Å². The van der Waals surface area contributed by atoms with E-state index in [9.17, 15) is 4.79 Å². The number of nitrogens with one attached hydrogen (secondary N) is 1. The highest BCUT2D eigenvalue weighted by Gasteiger charge is 2.23. The zero-order valence-corrected chi connectivity index (χ0v) is 8.96. The zero-order valence-electron chi connectivity index (χ0n) is 8.96. The van der Waals surface area contributed by atoms with Crippen LogP contribution in [0.3, 0.4) is 0 Å². The number of carbonyl (C=O) groups excluding carboxylic acids is 1. The molecule has 1 aliphatic rings. The van der Waals surface area contributed by atoms with Crippen molar-refractivity contribution < 1.29 is 9.90 Å². The molecule has 2 N–H and O–H groups in total. The first-order valence-electron chi connectivity index (χ1n) is 5.62. The van der Waals surface area contributed by atoms with E-state index in [0.29, 0.717) is 13.0 Å². The van der Waals surface area contributed by atoms with E-state index in [1.165, 1.54) is 12.8 Å². The number of aliphatic hydroxyl groups is 1. The van der Waals surface area contributed by atoms with Crippen LogP contribution in [0.2, 0.25) is 0 Å². The first kappa shape index (κ1) is 11.5. The predicted molar refractivity (Wildman–Crippen MR) is 55.8 cm³/mol. The minimum atomic E-state index is 0.155. The molecule has 3 heteroatoms. The lowest BCUT2D eigenvalue weighted by atomic mass is 9.82. The van der Waals surface area contributed by atoms with Gasteiger partial charge < -0.3 is 10.4 Å². The maximum Gasteiger partial charge on any atom is 0.223 e. The summed E-state index contributed by atoms with van der Waals surface area (Å²) in [6, 6.07) is 0. The summed E-state index contributed by atoms with van der Waals surface area (Å²) in [5, 5.41) is 11.4. The maximum absolute atomic E-state index is 11.6. The predicted octanol–water partition coefficient (Wildman–Crippen LogP) is 1.31. The van der Waals surface area contributed by atoms with Gasteiger partial charge in [0.1, 0.15) is 0 Å². The molecule has 0 aromatic carbocycles. The molecule has 0 bridgehead atoms. The summed E-state index contributed by atoms with van der Waals surface area (Å²) in [6.07, 6.45) is 5.09. The number of amides is 1. The molecular formula is C11H21NO2. The molecule has 1 fully saturated rings. The summed E-state index contributed by atoms with van der Waals surface area (Å²) in [7, 11) is 0. The van der Waals surface area contributed by atoms with Crippen molar-refractivity contribution in [2.45, 2.75) is 39.0 Å². The summed E-state index contributed by atoms with van der Waals surface area (Å²) in [6.45, 7) is 3.02. The summed E-state index contributed by atoms with van der Waals surface area (Å²) < 4.78 is 0. The monoisotopic (exact) mass is 199 g/mol. The van der Waals surface area contributed by atoms with E-state index in [1.807, 2.05) is 0 Å². The molecule has 0 aromatic rings. The van der Waals surface area contributed by atoms with Crippen LogP contribution in [0.1, 0.15) is 39.0 Å². The first-order valence-corrected chi connectivity index (χ1v) is 5.62. The van der Waals surface area contributed by atoms with Gasteiger partial charge in [-0.2, -0.15) is 0 Å². The Morgan fingerprint density at radius 2 is 2.00 bits per heavy atom. The van der Waals surface area contributed by atoms with Crippen molar-refractivity contribution in [1.29, 1.82) is 0 Å². The van der Waals surface area contributed by atoms with E-state index < -0.39 is 0 Å². The van der Waals surface area contributed by atoms with E-state index >= 15 is 0 Å². The quantitative estimate of drug-likeness (QED) is 0.671. The largest absolute Gasteiger partial charge is 0.396 e. The lowest BCUT2D eigenvalue weighted by molar-refractivity contribution is -0.126. The fourth-order valence-electron chi connectivity index (χ4n) is 1.96. The Labute approximate surface area is 85.9 Å². The van der Waals surface area contributed by atoms with E-state index in [0.717, 1.165) is 18.8 Å². The molecule has 0 aromatic heterocycles. The Bertz CT molecular complexity index is 174. The van der Waals surface area contributed by atoms with Crippen molar-refractivity contribution in [2.24, 2.45) is 11.8 Å². The van der Waals surface area contributed by atoms with Crippen molar-refractivity contribution in [3.05, 3.63) is 0 Å². The highest BCUT2D eigenvalue weighted by atomic mass is 16.3. The number of aliphatic hydroxyl groups excluding tert-OH is 1. The van der Waals surface area contributed by atoms with Gasteiger partial charge >= 0.3 is 0 Å². The van der Waals surface area contributed by atoms with Crippen LogP contribution < -0.4 is 5.32 Å². The SMILES string of the molecule is CC1CCC(C(=O)NCCCO)CC1. The molecule has 1 aliphatic carbocycles. The van der Waals surface area contributed by atoms with E-state index in [2.05, 4.69) is 12.2 Å². The Balaban J connectivity index is 2.17. The number of hydrogen-bond donors (Lipinski definition) is 2. The minimum absolute atomic E-state index is 0.155. The average molecular weight is 199 g/mol.